The number of likely N-dealkylation sites (N-methyl/N-ethyl adjacent to an activating group) is 1. The van der Waals surface area contributed by atoms with Crippen LogP contribution in [0.25, 0.3) is 0 Å². The number of nitrogens with zero attached hydrogens (tertiary/aromatic N) is 1. The summed E-state index contributed by atoms with van der Waals surface area (Å²) in [5.74, 6) is 4.48. The summed E-state index contributed by atoms with van der Waals surface area (Å²) in [6, 6.07) is 1.63. The maximum absolute atomic E-state index is 11.9. The van der Waals surface area contributed by atoms with Crippen molar-refractivity contribution in [1.82, 2.24) is 4.90 Å². The lowest BCUT2D eigenvalue weighted by molar-refractivity contribution is -0.141. The zero-order valence-electron chi connectivity index (χ0n) is 10.1. The van der Waals surface area contributed by atoms with Gasteiger partial charge in [0.05, 0.1) is 17.6 Å². The van der Waals surface area contributed by atoms with Gasteiger partial charge in [-0.25, -0.2) is 0 Å². The molecule has 0 atom stereocenters. The highest BCUT2D eigenvalue weighted by atomic mass is 32.1. The second-order valence-electron chi connectivity index (χ2n) is 3.40. The Balaban J connectivity index is 2.72. The molecule has 0 saturated heterocycles. The maximum atomic E-state index is 11.9. The van der Waals surface area contributed by atoms with E-state index >= 15 is 0 Å². The zero-order chi connectivity index (χ0) is 13.5. The van der Waals surface area contributed by atoms with E-state index in [4.69, 9.17) is 5.11 Å². The molecule has 0 aliphatic carbocycles. The van der Waals surface area contributed by atoms with Crippen molar-refractivity contribution in [3.8, 4) is 11.8 Å². The van der Waals surface area contributed by atoms with Crippen LogP contribution >= 0.6 is 11.3 Å². The van der Waals surface area contributed by atoms with Crippen molar-refractivity contribution >= 4 is 23.2 Å². The first-order chi connectivity index (χ1) is 8.58. The number of carbonyl (C=O) groups excluding carboxylic acids is 2. The monoisotopic (exact) mass is 267 g/mol. The Labute approximate surface area is 109 Å². The molecule has 0 unspecified atom stereocenters. The van der Waals surface area contributed by atoms with Gasteiger partial charge in [-0.3, -0.25) is 9.59 Å². The van der Waals surface area contributed by atoms with Gasteiger partial charge in [0.25, 0.3) is 5.91 Å². The SMILES string of the molecule is COC(=O)CN(C)C(=O)c1csc(C#CCO)c1. The molecule has 1 aromatic rings. The smallest absolute Gasteiger partial charge is 0.325 e. The number of aliphatic hydroxyl groups is 1. The van der Waals surface area contributed by atoms with Crippen molar-refractivity contribution in [3.05, 3.63) is 21.9 Å². The summed E-state index contributed by atoms with van der Waals surface area (Å²) < 4.78 is 4.48. The van der Waals surface area contributed by atoms with Gasteiger partial charge < -0.3 is 14.7 Å². The molecule has 0 aromatic carbocycles. The van der Waals surface area contributed by atoms with Crippen molar-refractivity contribution in [1.29, 1.82) is 0 Å². The van der Waals surface area contributed by atoms with Crippen LogP contribution in [0.3, 0.4) is 0 Å². The van der Waals surface area contributed by atoms with Gasteiger partial charge in [0.15, 0.2) is 0 Å². The summed E-state index contributed by atoms with van der Waals surface area (Å²) in [6.07, 6.45) is 0. The Hall–Kier alpha value is -1.84. The van der Waals surface area contributed by atoms with Gasteiger partial charge in [-0.1, -0.05) is 11.8 Å². The van der Waals surface area contributed by atoms with Gasteiger partial charge in [-0.15, -0.1) is 11.3 Å². The fraction of sp³-hybridized carbons (Fsp3) is 0.333. The van der Waals surface area contributed by atoms with Gasteiger partial charge in [0.1, 0.15) is 13.2 Å². The van der Waals surface area contributed by atoms with Gasteiger partial charge in [0, 0.05) is 12.4 Å². The first kappa shape index (κ1) is 14.2. The third-order valence-electron chi connectivity index (χ3n) is 2.08. The van der Waals surface area contributed by atoms with Gasteiger partial charge in [0.2, 0.25) is 0 Å². The van der Waals surface area contributed by atoms with E-state index in [0.717, 1.165) is 0 Å². The largest absolute Gasteiger partial charge is 0.468 e. The van der Waals surface area contributed by atoms with Gasteiger partial charge in [-0.05, 0) is 6.07 Å². The van der Waals surface area contributed by atoms with Crippen molar-refractivity contribution in [2.45, 2.75) is 0 Å². The molecule has 1 heterocycles. The molecule has 0 fully saturated rings. The second-order valence-corrected chi connectivity index (χ2v) is 4.31. The average Bonchev–Trinajstić information content (AvgIpc) is 2.83. The lowest BCUT2D eigenvalue weighted by Crippen LogP contribution is -2.32. The minimum atomic E-state index is -0.471. The lowest BCUT2D eigenvalue weighted by atomic mass is 10.2. The van der Waals surface area contributed by atoms with E-state index in [-0.39, 0.29) is 19.1 Å². The Kier molecular flexibility index (Phi) is 5.36. The molecule has 1 N–H and O–H groups in total. The van der Waals surface area contributed by atoms with Crippen LogP contribution in [0.4, 0.5) is 0 Å². The highest BCUT2D eigenvalue weighted by molar-refractivity contribution is 7.10. The average molecular weight is 267 g/mol. The van der Waals surface area contributed by atoms with Crippen LogP contribution in [0.2, 0.25) is 0 Å². The van der Waals surface area contributed by atoms with E-state index in [9.17, 15) is 9.59 Å². The molecule has 5 nitrogen and oxygen atoms in total. The third-order valence-corrected chi connectivity index (χ3v) is 2.92. The van der Waals surface area contributed by atoms with Crippen LogP contribution in [0, 0.1) is 11.8 Å². The normalized spacial score (nSPS) is 9.28. The van der Waals surface area contributed by atoms with Crippen molar-refractivity contribution in [3.63, 3.8) is 0 Å². The summed E-state index contributed by atoms with van der Waals surface area (Å²) in [4.78, 5) is 24.9. The van der Waals surface area contributed by atoms with Crippen molar-refractivity contribution in [2.75, 3.05) is 27.3 Å². The molecule has 0 aliphatic rings. The van der Waals surface area contributed by atoms with Crippen LogP contribution in [-0.2, 0) is 9.53 Å². The minimum absolute atomic E-state index is 0.0944. The Bertz CT molecular complexity index is 498. The van der Waals surface area contributed by atoms with Crippen molar-refractivity contribution < 1.29 is 19.4 Å². The molecule has 0 radical (unpaired) electrons. The minimum Gasteiger partial charge on any atom is -0.468 e. The standard InChI is InChI=1S/C12H13NO4S/c1-13(7-11(15)17-2)12(16)9-6-10(18-8-9)4-3-5-14/h6,8,14H,5,7H2,1-2H3. The highest BCUT2D eigenvalue weighted by Gasteiger charge is 2.16. The number of hydrogen-bond acceptors (Lipinski definition) is 5. The molecule has 0 spiro atoms. The summed E-state index contributed by atoms with van der Waals surface area (Å²) in [7, 11) is 2.80. The number of thiophene rings is 1. The predicted molar refractivity (Wildman–Crippen MR) is 67.3 cm³/mol. The molecular weight excluding hydrogens is 254 g/mol. The van der Waals surface area contributed by atoms with Crippen LogP contribution in [0.5, 0.6) is 0 Å². The number of amides is 1. The summed E-state index contributed by atoms with van der Waals surface area (Å²) >= 11 is 1.31. The number of esters is 1. The molecule has 96 valence electrons. The molecule has 6 heteroatoms. The number of methoxy groups -OCH3 is 1. The second kappa shape index (κ2) is 6.79. The summed E-state index contributed by atoms with van der Waals surface area (Å²) in [5.41, 5.74) is 0.466. The van der Waals surface area contributed by atoms with E-state index in [0.29, 0.717) is 10.4 Å². The Morgan fingerprint density at radius 3 is 2.89 bits per heavy atom. The maximum Gasteiger partial charge on any atom is 0.325 e. The Morgan fingerprint density at radius 1 is 1.56 bits per heavy atom. The van der Waals surface area contributed by atoms with Crippen LogP contribution < -0.4 is 0 Å². The number of aliphatic hydroxyl groups excluding tert-OH is 1. The highest BCUT2D eigenvalue weighted by Crippen LogP contribution is 2.15. The fourth-order valence-electron chi connectivity index (χ4n) is 1.19. The summed E-state index contributed by atoms with van der Waals surface area (Å²) in [6.45, 7) is -0.313. The number of ether oxygens (including phenoxy) is 1. The topological polar surface area (TPSA) is 66.8 Å². The molecule has 18 heavy (non-hydrogen) atoms. The molecule has 0 bridgehead atoms. The van der Waals surface area contributed by atoms with Crippen LogP contribution in [0.15, 0.2) is 11.4 Å². The predicted octanol–water partition coefficient (Wildman–Crippen LogP) is 0.337. The first-order valence-electron chi connectivity index (χ1n) is 5.09. The van der Waals surface area contributed by atoms with E-state index in [1.165, 1.54) is 30.4 Å². The van der Waals surface area contributed by atoms with Crippen LogP contribution in [-0.4, -0.2) is 49.2 Å². The fourth-order valence-corrected chi connectivity index (χ4v) is 1.94. The molecule has 1 aromatic heterocycles. The van der Waals surface area contributed by atoms with Gasteiger partial charge >= 0.3 is 5.97 Å². The Morgan fingerprint density at radius 2 is 2.28 bits per heavy atom. The first-order valence-corrected chi connectivity index (χ1v) is 5.97. The third kappa shape index (κ3) is 3.87. The summed E-state index contributed by atoms with van der Waals surface area (Å²) in [5, 5.41) is 10.2. The quantitative estimate of drug-likeness (QED) is 0.633. The molecule has 0 aliphatic heterocycles. The lowest BCUT2D eigenvalue weighted by Gasteiger charge is -2.14. The number of hydrogen-bond donors (Lipinski definition) is 1. The van der Waals surface area contributed by atoms with E-state index < -0.39 is 5.97 Å². The molecule has 1 amide bonds. The number of rotatable bonds is 3. The zero-order valence-corrected chi connectivity index (χ0v) is 10.9. The van der Waals surface area contributed by atoms with Crippen molar-refractivity contribution in [2.24, 2.45) is 0 Å². The number of carbonyl (C=O) groups is 2. The van der Waals surface area contributed by atoms with Gasteiger partial charge in [-0.2, -0.15) is 0 Å². The van der Waals surface area contributed by atoms with Crippen LogP contribution in [0.1, 0.15) is 15.2 Å². The van der Waals surface area contributed by atoms with E-state index in [1.807, 2.05) is 0 Å². The molecule has 1 rings (SSSR count). The molecular formula is C12H13NO4S. The molecule has 0 saturated carbocycles. The van der Waals surface area contributed by atoms with E-state index in [1.54, 1.807) is 11.4 Å². The van der Waals surface area contributed by atoms with E-state index in [2.05, 4.69) is 16.6 Å².